The number of aliphatic hydroxyl groups excluding tert-OH is 1. The molecule has 3 nitrogen and oxygen atoms in total. The van der Waals surface area contributed by atoms with E-state index >= 15 is 0 Å². The lowest BCUT2D eigenvalue weighted by Gasteiger charge is -2.40. The SMILES string of the molecule is C=CC[C@@H]1CCCC(=O)N1[C@@H](CO)c1ccccc1. The largest absolute Gasteiger partial charge is 0.394 e. The fourth-order valence-electron chi connectivity index (χ4n) is 2.84. The molecule has 1 aromatic carbocycles. The zero-order chi connectivity index (χ0) is 13.7. The molecule has 19 heavy (non-hydrogen) atoms. The number of carbonyl (C=O) groups excluding carboxylic acids is 1. The maximum atomic E-state index is 12.2. The van der Waals surface area contributed by atoms with Gasteiger partial charge in [-0.05, 0) is 24.8 Å². The van der Waals surface area contributed by atoms with Crippen molar-refractivity contribution < 1.29 is 9.90 Å². The first-order chi connectivity index (χ1) is 9.27. The van der Waals surface area contributed by atoms with Crippen molar-refractivity contribution in [3.63, 3.8) is 0 Å². The van der Waals surface area contributed by atoms with Gasteiger partial charge in [-0.25, -0.2) is 0 Å². The van der Waals surface area contributed by atoms with E-state index in [1.54, 1.807) is 0 Å². The van der Waals surface area contributed by atoms with Crippen LogP contribution in [0.5, 0.6) is 0 Å². The van der Waals surface area contributed by atoms with E-state index in [2.05, 4.69) is 6.58 Å². The van der Waals surface area contributed by atoms with E-state index in [9.17, 15) is 9.90 Å². The molecule has 2 rings (SSSR count). The Labute approximate surface area is 114 Å². The second-order valence-corrected chi connectivity index (χ2v) is 4.98. The number of piperidine rings is 1. The van der Waals surface area contributed by atoms with E-state index in [1.807, 2.05) is 41.3 Å². The number of amides is 1. The predicted molar refractivity (Wildman–Crippen MR) is 75.6 cm³/mol. The van der Waals surface area contributed by atoms with Crippen LogP contribution in [0.15, 0.2) is 43.0 Å². The van der Waals surface area contributed by atoms with E-state index < -0.39 is 0 Å². The second kappa shape index (κ2) is 6.53. The minimum atomic E-state index is -0.237. The van der Waals surface area contributed by atoms with Gasteiger partial charge in [0.15, 0.2) is 0 Å². The Morgan fingerprint density at radius 2 is 2.16 bits per heavy atom. The first-order valence-electron chi connectivity index (χ1n) is 6.85. The fourth-order valence-corrected chi connectivity index (χ4v) is 2.84. The highest BCUT2D eigenvalue weighted by molar-refractivity contribution is 5.78. The van der Waals surface area contributed by atoms with E-state index in [1.165, 1.54) is 0 Å². The summed E-state index contributed by atoms with van der Waals surface area (Å²) >= 11 is 0. The van der Waals surface area contributed by atoms with Crippen molar-refractivity contribution in [1.29, 1.82) is 0 Å². The van der Waals surface area contributed by atoms with E-state index in [-0.39, 0.29) is 24.6 Å². The van der Waals surface area contributed by atoms with Crippen molar-refractivity contribution in [3.8, 4) is 0 Å². The van der Waals surface area contributed by atoms with Crippen LogP contribution >= 0.6 is 0 Å². The highest BCUT2D eigenvalue weighted by atomic mass is 16.3. The van der Waals surface area contributed by atoms with Crippen LogP contribution in [-0.4, -0.2) is 28.6 Å². The minimum Gasteiger partial charge on any atom is -0.394 e. The molecule has 0 aromatic heterocycles. The Morgan fingerprint density at radius 1 is 1.42 bits per heavy atom. The Hall–Kier alpha value is -1.61. The van der Waals surface area contributed by atoms with Crippen molar-refractivity contribution in [1.82, 2.24) is 4.90 Å². The quantitative estimate of drug-likeness (QED) is 0.826. The number of likely N-dealkylation sites (tertiary alicyclic amines) is 1. The first kappa shape index (κ1) is 13.8. The third-order valence-electron chi connectivity index (χ3n) is 3.74. The molecule has 1 heterocycles. The van der Waals surface area contributed by atoms with Gasteiger partial charge in [0.25, 0.3) is 0 Å². The minimum absolute atomic E-state index is 0.0383. The molecule has 0 bridgehead atoms. The smallest absolute Gasteiger partial charge is 0.223 e. The van der Waals surface area contributed by atoms with E-state index in [4.69, 9.17) is 0 Å². The molecule has 3 heteroatoms. The maximum absolute atomic E-state index is 12.2. The van der Waals surface area contributed by atoms with Crippen LogP contribution in [0, 0.1) is 0 Å². The first-order valence-corrected chi connectivity index (χ1v) is 6.85. The standard InChI is InChI=1S/C16H21NO2/c1-2-7-14-10-6-11-16(19)17(14)15(12-18)13-8-4-3-5-9-13/h2-5,8-9,14-15,18H,1,6-7,10-12H2/t14-,15+/m1/s1. The molecule has 0 saturated carbocycles. The molecule has 1 aromatic rings. The second-order valence-electron chi connectivity index (χ2n) is 4.98. The Morgan fingerprint density at radius 3 is 2.79 bits per heavy atom. The van der Waals surface area contributed by atoms with Gasteiger partial charge < -0.3 is 10.0 Å². The number of nitrogens with zero attached hydrogens (tertiary/aromatic N) is 1. The summed E-state index contributed by atoms with van der Waals surface area (Å²) < 4.78 is 0. The average Bonchev–Trinajstić information content (AvgIpc) is 2.44. The van der Waals surface area contributed by atoms with Crippen LogP contribution in [-0.2, 0) is 4.79 Å². The van der Waals surface area contributed by atoms with Gasteiger partial charge in [-0.1, -0.05) is 36.4 Å². The predicted octanol–water partition coefficient (Wildman–Crippen LogP) is 2.68. The normalized spacial score (nSPS) is 21.2. The summed E-state index contributed by atoms with van der Waals surface area (Å²) in [6, 6.07) is 9.68. The molecule has 1 amide bonds. The van der Waals surface area contributed by atoms with Gasteiger partial charge in [-0.15, -0.1) is 6.58 Å². The molecule has 1 aliphatic heterocycles. The third-order valence-corrected chi connectivity index (χ3v) is 3.74. The summed E-state index contributed by atoms with van der Waals surface area (Å²) in [6.07, 6.45) is 5.14. The Kier molecular flexibility index (Phi) is 4.74. The number of hydrogen-bond donors (Lipinski definition) is 1. The van der Waals surface area contributed by atoms with Gasteiger partial charge in [-0.2, -0.15) is 0 Å². The molecule has 1 N–H and O–H groups in total. The van der Waals surface area contributed by atoms with E-state index in [0.29, 0.717) is 6.42 Å². The van der Waals surface area contributed by atoms with Crippen LogP contribution in [0.3, 0.4) is 0 Å². The van der Waals surface area contributed by atoms with Crippen LogP contribution < -0.4 is 0 Å². The van der Waals surface area contributed by atoms with Crippen LogP contribution in [0.2, 0.25) is 0 Å². The molecule has 0 aliphatic carbocycles. The lowest BCUT2D eigenvalue weighted by atomic mass is 9.94. The lowest BCUT2D eigenvalue weighted by molar-refractivity contribution is -0.140. The van der Waals surface area contributed by atoms with Gasteiger partial charge in [0.05, 0.1) is 12.6 Å². The Balaban J connectivity index is 2.27. The zero-order valence-electron chi connectivity index (χ0n) is 11.2. The monoisotopic (exact) mass is 259 g/mol. The van der Waals surface area contributed by atoms with Crippen molar-refractivity contribution in [2.45, 2.75) is 37.8 Å². The van der Waals surface area contributed by atoms with Gasteiger partial charge in [0, 0.05) is 12.5 Å². The van der Waals surface area contributed by atoms with Crippen LogP contribution in [0.4, 0.5) is 0 Å². The average molecular weight is 259 g/mol. The van der Waals surface area contributed by atoms with E-state index in [0.717, 1.165) is 24.8 Å². The lowest BCUT2D eigenvalue weighted by Crippen LogP contribution is -2.46. The number of rotatable bonds is 5. The van der Waals surface area contributed by atoms with Crippen molar-refractivity contribution in [3.05, 3.63) is 48.6 Å². The molecule has 0 spiro atoms. The number of benzene rings is 1. The summed E-state index contributed by atoms with van der Waals surface area (Å²) in [7, 11) is 0. The highest BCUT2D eigenvalue weighted by Gasteiger charge is 2.33. The maximum Gasteiger partial charge on any atom is 0.223 e. The number of hydrogen-bond acceptors (Lipinski definition) is 2. The Bertz CT molecular complexity index is 430. The molecule has 1 saturated heterocycles. The third kappa shape index (κ3) is 3.04. The number of aliphatic hydroxyl groups is 1. The van der Waals surface area contributed by atoms with Gasteiger partial charge in [-0.3, -0.25) is 4.79 Å². The molecule has 102 valence electrons. The van der Waals surface area contributed by atoms with Gasteiger partial charge >= 0.3 is 0 Å². The molecule has 1 fully saturated rings. The summed E-state index contributed by atoms with van der Waals surface area (Å²) in [4.78, 5) is 14.1. The summed E-state index contributed by atoms with van der Waals surface area (Å²) in [6.45, 7) is 3.73. The number of carbonyl (C=O) groups is 1. The van der Waals surface area contributed by atoms with Crippen LogP contribution in [0.1, 0.15) is 37.3 Å². The van der Waals surface area contributed by atoms with Crippen molar-refractivity contribution >= 4 is 5.91 Å². The highest BCUT2D eigenvalue weighted by Crippen LogP contribution is 2.30. The summed E-state index contributed by atoms with van der Waals surface area (Å²) in [5, 5.41) is 9.72. The topological polar surface area (TPSA) is 40.5 Å². The van der Waals surface area contributed by atoms with Gasteiger partial charge in [0.1, 0.15) is 0 Å². The van der Waals surface area contributed by atoms with Gasteiger partial charge in [0.2, 0.25) is 5.91 Å². The molecule has 0 radical (unpaired) electrons. The summed E-state index contributed by atoms with van der Waals surface area (Å²) in [5.74, 6) is 0.140. The van der Waals surface area contributed by atoms with Crippen molar-refractivity contribution in [2.24, 2.45) is 0 Å². The summed E-state index contributed by atoms with van der Waals surface area (Å²) in [5.41, 5.74) is 0.995. The van der Waals surface area contributed by atoms with Crippen molar-refractivity contribution in [2.75, 3.05) is 6.61 Å². The molecular formula is C16H21NO2. The molecular weight excluding hydrogens is 238 g/mol. The molecule has 0 unspecified atom stereocenters. The zero-order valence-corrected chi connectivity index (χ0v) is 11.2. The molecule has 2 atom stereocenters. The molecule has 1 aliphatic rings. The van der Waals surface area contributed by atoms with Crippen LogP contribution in [0.25, 0.3) is 0 Å². The fraction of sp³-hybridized carbons (Fsp3) is 0.438.